The minimum Gasteiger partial charge on any atom is -0.491 e. The molecule has 0 aliphatic rings. The highest BCUT2D eigenvalue weighted by atomic mass is 19.4. The highest BCUT2D eigenvalue weighted by molar-refractivity contribution is 5.95. The van der Waals surface area contributed by atoms with Gasteiger partial charge in [-0.15, -0.1) is 10.2 Å². The van der Waals surface area contributed by atoms with E-state index >= 15 is 0 Å². The lowest BCUT2D eigenvalue weighted by Crippen LogP contribution is -2.26. The van der Waals surface area contributed by atoms with E-state index in [1.807, 2.05) is 13.8 Å². The van der Waals surface area contributed by atoms with E-state index in [1.165, 1.54) is 19.2 Å². The van der Waals surface area contributed by atoms with Crippen LogP contribution in [0.4, 0.5) is 13.2 Å². The highest BCUT2D eigenvalue weighted by Crippen LogP contribution is 2.33. The number of benzene rings is 1. The van der Waals surface area contributed by atoms with Gasteiger partial charge in [0, 0.05) is 12.6 Å². The molecule has 3 rings (SSSR count). The third kappa shape index (κ3) is 5.30. The fourth-order valence-corrected chi connectivity index (χ4v) is 2.73. The molecule has 8 nitrogen and oxygen atoms in total. The zero-order valence-corrected chi connectivity index (χ0v) is 17.0. The van der Waals surface area contributed by atoms with Crippen LogP contribution in [0, 0.1) is 0 Å². The largest absolute Gasteiger partial charge is 0.491 e. The van der Waals surface area contributed by atoms with Gasteiger partial charge in [0.25, 0.3) is 5.91 Å². The number of methoxy groups -OCH3 is 1. The van der Waals surface area contributed by atoms with E-state index in [0.29, 0.717) is 16.0 Å². The minimum absolute atomic E-state index is 0.0123. The molecule has 0 saturated carbocycles. The first-order valence-electron chi connectivity index (χ1n) is 9.26. The molecule has 0 aliphatic heterocycles. The molecule has 31 heavy (non-hydrogen) atoms. The lowest BCUT2D eigenvalue weighted by molar-refractivity contribution is -0.143. The number of carbonyl (C=O) groups excluding carboxylic acids is 1. The van der Waals surface area contributed by atoms with Crippen LogP contribution in [0.15, 0.2) is 42.6 Å². The van der Waals surface area contributed by atoms with E-state index < -0.39 is 23.3 Å². The van der Waals surface area contributed by atoms with Gasteiger partial charge >= 0.3 is 6.18 Å². The monoisotopic (exact) mass is 435 g/mol. The molecule has 0 saturated heterocycles. The van der Waals surface area contributed by atoms with Crippen molar-refractivity contribution in [1.82, 2.24) is 25.3 Å². The van der Waals surface area contributed by atoms with Crippen LogP contribution in [0.25, 0.3) is 5.82 Å². The Hall–Kier alpha value is -3.63. The molecule has 0 atom stereocenters. The van der Waals surface area contributed by atoms with Crippen molar-refractivity contribution in [1.29, 1.82) is 0 Å². The van der Waals surface area contributed by atoms with E-state index in [4.69, 9.17) is 9.47 Å². The number of aromatic nitrogens is 4. The number of hydrogen-bond donors (Lipinski definition) is 1. The maximum Gasteiger partial charge on any atom is 0.434 e. The fraction of sp³-hybridized carbons (Fsp3) is 0.300. The van der Waals surface area contributed by atoms with Gasteiger partial charge in [-0.3, -0.25) is 4.79 Å². The number of alkyl halides is 3. The molecule has 0 fully saturated rings. The van der Waals surface area contributed by atoms with Crippen molar-refractivity contribution in [2.45, 2.75) is 32.7 Å². The third-order valence-corrected chi connectivity index (χ3v) is 4.08. The van der Waals surface area contributed by atoms with Crippen molar-refractivity contribution in [3.63, 3.8) is 0 Å². The van der Waals surface area contributed by atoms with Crippen molar-refractivity contribution < 1.29 is 27.4 Å². The number of ether oxygens (including phenoxy) is 2. The van der Waals surface area contributed by atoms with Crippen molar-refractivity contribution >= 4 is 5.91 Å². The van der Waals surface area contributed by atoms with Gasteiger partial charge in [-0.05, 0) is 37.6 Å². The molecule has 0 radical (unpaired) electrons. The molecule has 11 heteroatoms. The number of halogens is 3. The number of carbonyl (C=O) groups is 1. The zero-order valence-electron chi connectivity index (χ0n) is 17.0. The number of hydrogen-bond acceptors (Lipinski definition) is 6. The summed E-state index contributed by atoms with van der Waals surface area (Å²) in [5, 5.41) is 13.5. The molecule has 0 spiro atoms. The number of nitrogens with one attached hydrogen (secondary N) is 1. The minimum atomic E-state index is -4.85. The molecule has 164 valence electrons. The second-order valence-electron chi connectivity index (χ2n) is 6.74. The Kier molecular flexibility index (Phi) is 6.42. The summed E-state index contributed by atoms with van der Waals surface area (Å²) >= 11 is 0. The Morgan fingerprint density at radius 1 is 1.13 bits per heavy atom. The van der Waals surface area contributed by atoms with Crippen LogP contribution in [-0.2, 0) is 12.7 Å². The molecule has 1 N–H and O–H groups in total. The van der Waals surface area contributed by atoms with Gasteiger partial charge in [0.2, 0.25) is 5.88 Å². The van der Waals surface area contributed by atoms with Crippen LogP contribution in [0.3, 0.4) is 0 Å². The van der Waals surface area contributed by atoms with E-state index in [-0.39, 0.29) is 24.3 Å². The summed E-state index contributed by atoms with van der Waals surface area (Å²) in [6.07, 6.45) is -3.98. The predicted octanol–water partition coefficient (Wildman–Crippen LogP) is 3.41. The quantitative estimate of drug-likeness (QED) is 0.612. The van der Waals surface area contributed by atoms with Crippen molar-refractivity contribution in [3.8, 4) is 17.4 Å². The molecule has 2 aromatic heterocycles. The highest BCUT2D eigenvalue weighted by Gasteiger charge is 2.41. The van der Waals surface area contributed by atoms with Crippen LogP contribution >= 0.6 is 0 Å². The smallest absolute Gasteiger partial charge is 0.434 e. The van der Waals surface area contributed by atoms with E-state index in [2.05, 4.69) is 20.6 Å². The van der Waals surface area contributed by atoms with Gasteiger partial charge in [0.15, 0.2) is 11.5 Å². The summed E-state index contributed by atoms with van der Waals surface area (Å²) in [5.74, 6) is -0.325. The second-order valence-corrected chi connectivity index (χ2v) is 6.74. The summed E-state index contributed by atoms with van der Waals surface area (Å²) < 4.78 is 52.1. The molecular formula is C20H20F3N5O3. The van der Waals surface area contributed by atoms with Gasteiger partial charge in [-0.25, -0.2) is 4.68 Å². The SMILES string of the molecule is COc1ccc(-n2ncc(C(=O)NCc3ccc(OC(C)C)cc3)c2C(F)(F)F)nn1. The molecule has 1 amide bonds. The zero-order chi connectivity index (χ0) is 22.6. The summed E-state index contributed by atoms with van der Waals surface area (Å²) in [7, 11) is 1.35. The first-order valence-corrected chi connectivity index (χ1v) is 9.26. The average molecular weight is 435 g/mol. The Bertz CT molecular complexity index is 1030. The maximum absolute atomic E-state index is 13.7. The second kappa shape index (κ2) is 9.02. The normalized spacial score (nSPS) is 11.5. The van der Waals surface area contributed by atoms with E-state index in [0.717, 1.165) is 6.20 Å². The van der Waals surface area contributed by atoms with E-state index in [9.17, 15) is 18.0 Å². The molecule has 2 heterocycles. The summed E-state index contributed by atoms with van der Waals surface area (Å²) in [6, 6.07) is 9.50. The first kappa shape index (κ1) is 22.1. The van der Waals surface area contributed by atoms with Crippen LogP contribution in [0.5, 0.6) is 11.6 Å². The Morgan fingerprint density at radius 2 is 1.84 bits per heavy atom. The summed E-state index contributed by atoms with van der Waals surface area (Å²) in [6.45, 7) is 3.82. The van der Waals surface area contributed by atoms with E-state index in [1.54, 1.807) is 24.3 Å². The molecular weight excluding hydrogens is 415 g/mol. The van der Waals surface area contributed by atoms with Gasteiger partial charge in [0.1, 0.15) is 5.75 Å². The molecule has 0 aliphatic carbocycles. The summed E-state index contributed by atoms with van der Waals surface area (Å²) in [4.78, 5) is 12.5. The third-order valence-electron chi connectivity index (χ3n) is 4.08. The summed E-state index contributed by atoms with van der Waals surface area (Å²) in [5.41, 5.74) is -1.17. The van der Waals surface area contributed by atoms with Crippen LogP contribution < -0.4 is 14.8 Å². The molecule has 0 unspecified atom stereocenters. The van der Waals surface area contributed by atoms with Crippen LogP contribution in [0.1, 0.15) is 35.5 Å². The average Bonchev–Trinajstić information content (AvgIpc) is 3.18. The van der Waals surface area contributed by atoms with Crippen LogP contribution in [-0.4, -0.2) is 39.1 Å². The predicted molar refractivity (Wildman–Crippen MR) is 104 cm³/mol. The number of rotatable bonds is 7. The van der Waals surface area contributed by atoms with Gasteiger partial charge in [-0.2, -0.15) is 18.3 Å². The molecule has 1 aromatic carbocycles. The lowest BCUT2D eigenvalue weighted by Gasteiger charge is -2.12. The Balaban J connectivity index is 1.80. The topological polar surface area (TPSA) is 91.2 Å². The van der Waals surface area contributed by atoms with Gasteiger partial charge in [-0.1, -0.05) is 12.1 Å². The Morgan fingerprint density at radius 3 is 2.39 bits per heavy atom. The van der Waals surface area contributed by atoms with Crippen molar-refractivity contribution in [3.05, 3.63) is 59.4 Å². The molecule has 3 aromatic rings. The van der Waals surface area contributed by atoms with Gasteiger partial charge in [0.05, 0.1) is 25.0 Å². The van der Waals surface area contributed by atoms with Gasteiger partial charge < -0.3 is 14.8 Å². The Labute approximate surface area is 176 Å². The van der Waals surface area contributed by atoms with Crippen molar-refractivity contribution in [2.75, 3.05) is 7.11 Å². The number of amides is 1. The number of nitrogens with zero attached hydrogens (tertiary/aromatic N) is 4. The van der Waals surface area contributed by atoms with Crippen LogP contribution in [0.2, 0.25) is 0 Å². The molecule has 0 bridgehead atoms. The fourth-order valence-electron chi connectivity index (χ4n) is 2.73. The lowest BCUT2D eigenvalue weighted by atomic mass is 10.2. The maximum atomic E-state index is 13.7. The standard InChI is InChI=1S/C20H20F3N5O3/c1-12(2)31-14-6-4-13(5-7-14)10-24-19(29)15-11-25-28(18(15)20(21,22)23)16-8-9-17(30-3)27-26-16/h4-9,11-12H,10H2,1-3H3,(H,24,29). The van der Waals surface area contributed by atoms with Crippen molar-refractivity contribution in [2.24, 2.45) is 0 Å². The first-order chi connectivity index (χ1) is 14.7.